The van der Waals surface area contributed by atoms with E-state index in [1.54, 1.807) is 25.3 Å². The van der Waals surface area contributed by atoms with Gasteiger partial charge in [0.15, 0.2) is 0 Å². The molecule has 0 saturated carbocycles. The zero-order valence-electron chi connectivity index (χ0n) is 5.43. The number of methoxy groups -OCH3 is 1. The summed E-state index contributed by atoms with van der Waals surface area (Å²) >= 11 is 10.6. The first-order valence-electron chi connectivity index (χ1n) is 2.74. The normalized spacial score (nSPS) is 9.40. The Morgan fingerprint density at radius 3 is 2.70 bits per heavy atom. The van der Waals surface area contributed by atoms with Gasteiger partial charge in [-0.25, -0.2) is 0 Å². The lowest BCUT2D eigenvalue weighted by atomic mass is 10.3. The lowest BCUT2D eigenvalue weighted by Gasteiger charge is -2.00. The van der Waals surface area contributed by atoms with Gasteiger partial charge in [0, 0.05) is 4.90 Å². The fourth-order valence-corrected chi connectivity index (χ4v) is 1.16. The summed E-state index contributed by atoms with van der Waals surface area (Å²) < 4.78 is 4.92. The fourth-order valence-electron chi connectivity index (χ4n) is 0.647. The van der Waals surface area contributed by atoms with Crippen LogP contribution in [0.15, 0.2) is 23.1 Å². The molecule has 1 nitrogen and oxygen atoms in total. The summed E-state index contributed by atoms with van der Waals surface area (Å²) in [6, 6.07) is 5.22. The van der Waals surface area contributed by atoms with Crippen LogP contribution in [-0.4, -0.2) is 7.11 Å². The van der Waals surface area contributed by atoms with E-state index in [2.05, 4.69) is 0 Å². The minimum atomic E-state index is 0.565. The van der Waals surface area contributed by atoms with Crippen molar-refractivity contribution in [1.82, 2.24) is 0 Å². The van der Waals surface area contributed by atoms with Crippen LogP contribution < -0.4 is 4.74 Å². The van der Waals surface area contributed by atoms with Crippen molar-refractivity contribution in [1.29, 1.82) is 0 Å². The molecular weight excluding hydrogens is 168 g/mol. The van der Waals surface area contributed by atoms with Gasteiger partial charge in [0.05, 0.1) is 12.1 Å². The van der Waals surface area contributed by atoms with Crippen molar-refractivity contribution in [3.63, 3.8) is 0 Å². The van der Waals surface area contributed by atoms with Crippen molar-refractivity contribution in [3.05, 3.63) is 23.2 Å². The Labute approximate surface area is 70.4 Å². The van der Waals surface area contributed by atoms with Gasteiger partial charge in [-0.05, 0) is 18.2 Å². The van der Waals surface area contributed by atoms with Gasteiger partial charge in [-0.2, -0.15) is 0 Å². The molecule has 1 aromatic rings. The highest BCUT2D eigenvalue weighted by Gasteiger charge is 1.98. The van der Waals surface area contributed by atoms with Gasteiger partial charge in [-0.15, -0.1) is 0 Å². The van der Waals surface area contributed by atoms with E-state index >= 15 is 0 Å². The summed E-state index contributed by atoms with van der Waals surface area (Å²) in [5, 5.41) is 0.565. The van der Waals surface area contributed by atoms with Gasteiger partial charge < -0.3 is 4.74 Å². The molecule has 0 amide bonds. The van der Waals surface area contributed by atoms with Crippen LogP contribution in [0, 0.1) is 0 Å². The van der Waals surface area contributed by atoms with E-state index in [0.717, 1.165) is 4.90 Å². The van der Waals surface area contributed by atoms with Gasteiger partial charge in [-0.3, -0.25) is 0 Å². The van der Waals surface area contributed by atoms with Crippen LogP contribution in [0.25, 0.3) is 0 Å². The molecule has 1 aromatic carbocycles. The zero-order valence-corrected chi connectivity index (χ0v) is 7.00. The predicted octanol–water partition coefficient (Wildman–Crippen LogP) is 2.91. The number of hydrogen-bond acceptors (Lipinski definition) is 1. The molecule has 0 N–H and O–H groups in total. The molecule has 0 atom stereocenters. The molecule has 0 saturated heterocycles. The molecule has 53 valence electrons. The molecule has 1 radical (unpaired) electrons. The van der Waals surface area contributed by atoms with Crippen molar-refractivity contribution >= 4 is 24.2 Å². The van der Waals surface area contributed by atoms with Crippen LogP contribution in [-0.2, 0) is 0 Å². The van der Waals surface area contributed by atoms with E-state index in [-0.39, 0.29) is 0 Å². The second kappa shape index (κ2) is 3.08. The van der Waals surface area contributed by atoms with E-state index in [0.29, 0.717) is 10.8 Å². The molecule has 0 aliphatic rings. The van der Waals surface area contributed by atoms with Crippen LogP contribution in [0.1, 0.15) is 0 Å². The molecule has 0 aliphatic heterocycles. The smallest absolute Gasteiger partial charge is 0.137 e. The van der Waals surface area contributed by atoms with Crippen molar-refractivity contribution in [2.75, 3.05) is 7.11 Å². The van der Waals surface area contributed by atoms with E-state index in [1.165, 1.54) is 0 Å². The maximum Gasteiger partial charge on any atom is 0.137 e. The third-order valence-corrected chi connectivity index (χ3v) is 1.67. The first kappa shape index (κ1) is 7.63. The van der Waals surface area contributed by atoms with E-state index < -0.39 is 0 Å². The van der Waals surface area contributed by atoms with E-state index in [4.69, 9.17) is 29.0 Å². The number of rotatable bonds is 1. The van der Waals surface area contributed by atoms with Gasteiger partial charge in [0.1, 0.15) is 5.75 Å². The second-order valence-corrected chi connectivity index (χ2v) is 2.67. The lowest BCUT2D eigenvalue weighted by molar-refractivity contribution is 0.414. The zero-order chi connectivity index (χ0) is 7.56. The molecule has 10 heavy (non-hydrogen) atoms. The first-order valence-corrected chi connectivity index (χ1v) is 3.53. The number of ether oxygens (including phenoxy) is 1. The molecule has 0 heterocycles. The van der Waals surface area contributed by atoms with Crippen LogP contribution >= 0.6 is 24.2 Å². The lowest BCUT2D eigenvalue weighted by Crippen LogP contribution is -1.82. The van der Waals surface area contributed by atoms with E-state index in [1.807, 2.05) is 0 Å². The summed E-state index contributed by atoms with van der Waals surface area (Å²) in [5.41, 5.74) is 0. The fraction of sp³-hybridized carbons (Fsp3) is 0.143. The Hall–Kier alpha value is -0.470. The SMILES string of the molecule is COc1ccc([S])cc1Cl. The van der Waals surface area contributed by atoms with Gasteiger partial charge >= 0.3 is 0 Å². The molecule has 0 unspecified atom stereocenters. The first-order chi connectivity index (χ1) is 4.74. The highest BCUT2D eigenvalue weighted by Crippen LogP contribution is 2.25. The van der Waals surface area contributed by atoms with Crippen molar-refractivity contribution < 1.29 is 4.74 Å². The summed E-state index contributed by atoms with van der Waals surface area (Å²) in [4.78, 5) is 0.728. The van der Waals surface area contributed by atoms with Crippen molar-refractivity contribution in [2.45, 2.75) is 4.90 Å². The molecule has 0 spiro atoms. The number of hydrogen-bond donors (Lipinski definition) is 0. The summed E-state index contributed by atoms with van der Waals surface area (Å²) in [5.74, 6) is 0.662. The van der Waals surface area contributed by atoms with E-state index in [9.17, 15) is 0 Å². The second-order valence-electron chi connectivity index (χ2n) is 1.80. The Morgan fingerprint density at radius 2 is 2.20 bits per heavy atom. The minimum Gasteiger partial charge on any atom is -0.495 e. The topological polar surface area (TPSA) is 9.23 Å². The number of benzene rings is 1. The average Bonchev–Trinajstić information content (AvgIpc) is 1.88. The highest BCUT2D eigenvalue weighted by molar-refractivity contribution is 7.80. The molecule has 0 aromatic heterocycles. The quantitative estimate of drug-likeness (QED) is 0.635. The van der Waals surface area contributed by atoms with Gasteiger partial charge in [0.25, 0.3) is 0 Å². The Balaban J connectivity index is 3.07. The largest absolute Gasteiger partial charge is 0.495 e. The third-order valence-electron chi connectivity index (χ3n) is 1.12. The Bertz CT molecular complexity index is 237. The summed E-state index contributed by atoms with van der Waals surface area (Å²) in [6.45, 7) is 0. The molecule has 0 aliphatic carbocycles. The Kier molecular flexibility index (Phi) is 2.35. The summed E-state index contributed by atoms with van der Waals surface area (Å²) in [7, 11) is 1.57. The van der Waals surface area contributed by atoms with Gasteiger partial charge in [-0.1, -0.05) is 24.2 Å². The predicted molar refractivity (Wildman–Crippen MR) is 43.9 cm³/mol. The maximum absolute atomic E-state index is 5.74. The molecule has 3 heteroatoms. The Morgan fingerprint density at radius 1 is 1.50 bits per heavy atom. The van der Waals surface area contributed by atoms with Crippen LogP contribution in [0.2, 0.25) is 5.02 Å². The number of halogens is 1. The van der Waals surface area contributed by atoms with Crippen LogP contribution in [0.3, 0.4) is 0 Å². The third kappa shape index (κ3) is 1.52. The van der Waals surface area contributed by atoms with Gasteiger partial charge in [0.2, 0.25) is 0 Å². The van der Waals surface area contributed by atoms with Crippen molar-refractivity contribution in [3.8, 4) is 5.75 Å². The molecule has 1 rings (SSSR count). The summed E-state index contributed by atoms with van der Waals surface area (Å²) in [6.07, 6.45) is 0. The molecule has 0 bridgehead atoms. The van der Waals surface area contributed by atoms with Crippen LogP contribution in [0.4, 0.5) is 0 Å². The maximum atomic E-state index is 5.74. The minimum absolute atomic E-state index is 0.565. The molecular formula is C7H6ClOS. The molecule has 0 fully saturated rings. The van der Waals surface area contributed by atoms with Crippen molar-refractivity contribution in [2.24, 2.45) is 0 Å². The monoisotopic (exact) mass is 173 g/mol. The van der Waals surface area contributed by atoms with Crippen LogP contribution in [0.5, 0.6) is 5.75 Å². The average molecular weight is 174 g/mol. The standard InChI is InChI=1S/C7H6ClOS/c1-9-7-3-2-5(10)4-6(7)8/h2-4H,1H3. The highest BCUT2D eigenvalue weighted by atomic mass is 35.5.